The third-order valence-corrected chi connectivity index (χ3v) is 8.61. The molecule has 0 bridgehead atoms. The molecule has 0 radical (unpaired) electrons. The molecule has 1 atom stereocenters. The number of rotatable bonds is 13. The summed E-state index contributed by atoms with van der Waals surface area (Å²) >= 11 is 0. The Morgan fingerprint density at radius 1 is 0.516 bits per heavy atom. The first-order valence-electron chi connectivity index (χ1n) is 12.4. The van der Waals surface area contributed by atoms with E-state index in [1.807, 2.05) is 0 Å². The molecule has 0 nitrogen and oxygen atoms in total. The largest absolute Gasteiger partial charge is 0.0654 e. The average molecular weight is 431 g/mol. The van der Waals surface area contributed by atoms with Gasteiger partial charge < -0.3 is 0 Å². The summed E-state index contributed by atoms with van der Waals surface area (Å²) in [6, 6.07) is 29.9. The van der Waals surface area contributed by atoms with Crippen molar-refractivity contribution < 1.29 is 0 Å². The molecule has 3 aromatic rings. The highest BCUT2D eigenvalue weighted by atomic mass is 31.1. The predicted molar refractivity (Wildman–Crippen MR) is 141 cm³/mol. The first-order valence-corrected chi connectivity index (χ1v) is 13.7. The molecule has 0 fully saturated rings. The van der Waals surface area contributed by atoms with E-state index >= 15 is 0 Å². The predicted octanol–water partition coefficient (Wildman–Crippen LogP) is 7.69. The van der Waals surface area contributed by atoms with Crippen molar-refractivity contribution in [1.82, 2.24) is 0 Å². The molecule has 0 saturated heterocycles. The topological polar surface area (TPSA) is 0 Å². The van der Waals surface area contributed by atoms with Gasteiger partial charge >= 0.3 is 0 Å². The Balaban J connectivity index is 1.85. The van der Waals surface area contributed by atoms with Crippen LogP contribution in [-0.4, -0.2) is 0 Å². The van der Waals surface area contributed by atoms with Crippen molar-refractivity contribution in [2.75, 3.05) is 0 Å². The van der Waals surface area contributed by atoms with Gasteiger partial charge in [-0.25, -0.2) is 0 Å². The van der Waals surface area contributed by atoms with Gasteiger partial charge in [-0.2, -0.15) is 0 Å². The second kappa shape index (κ2) is 13.5. The Morgan fingerprint density at radius 3 is 1.77 bits per heavy atom. The summed E-state index contributed by atoms with van der Waals surface area (Å²) in [6.07, 6.45) is 13.0. The summed E-state index contributed by atoms with van der Waals surface area (Å²) in [4.78, 5) is 0. The van der Waals surface area contributed by atoms with Crippen molar-refractivity contribution in [2.24, 2.45) is 0 Å². The summed E-state index contributed by atoms with van der Waals surface area (Å²) in [6.45, 7) is 4.57. The van der Waals surface area contributed by atoms with Crippen LogP contribution in [0.1, 0.15) is 76.3 Å². The van der Waals surface area contributed by atoms with Gasteiger partial charge in [-0.15, -0.1) is 0 Å². The van der Waals surface area contributed by atoms with Crippen molar-refractivity contribution in [3.05, 3.63) is 90.0 Å². The minimum absolute atomic E-state index is 0.522. The molecule has 1 unspecified atom stereocenters. The maximum Gasteiger partial charge on any atom is -0.0119 e. The molecule has 0 aliphatic carbocycles. The lowest BCUT2D eigenvalue weighted by Crippen LogP contribution is -2.23. The van der Waals surface area contributed by atoms with Gasteiger partial charge in [0.2, 0.25) is 0 Å². The number of hydrogen-bond donors (Lipinski definition) is 0. The van der Waals surface area contributed by atoms with Gasteiger partial charge in [-0.1, -0.05) is 131 Å². The zero-order chi connectivity index (χ0) is 21.7. The normalized spacial score (nSPS) is 12.1. The molecule has 0 aromatic heterocycles. The summed E-state index contributed by atoms with van der Waals surface area (Å²) in [7, 11) is -0.522. The molecule has 0 aliphatic rings. The number of aryl methyl sites for hydroxylation is 2. The lowest BCUT2D eigenvalue weighted by Gasteiger charge is -2.22. The molecule has 0 aliphatic heterocycles. The van der Waals surface area contributed by atoms with Crippen LogP contribution in [0.25, 0.3) is 0 Å². The maximum atomic E-state index is 2.40. The average Bonchev–Trinajstić information content (AvgIpc) is 2.82. The summed E-state index contributed by atoms with van der Waals surface area (Å²) in [5.74, 6) is 0. The molecular weight excluding hydrogens is 391 g/mol. The van der Waals surface area contributed by atoms with E-state index in [0.717, 1.165) is 0 Å². The molecule has 1 heteroatoms. The third kappa shape index (κ3) is 7.33. The smallest absolute Gasteiger partial charge is 0.0119 e. The molecule has 0 amide bonds. The van der Waals surface area contributed by atoms with Crippen molar-refractivity contribution in [3.63, 3.8) is 0 Å². The SMILES string of the molecule is CCCCCCc1ccc(P(c2ccccc2)c2ccccc2CCCCCC)cc1. The van der Waals surface area contributed by atoms with Crippen LogP contribution in [0.2, 0.25) is 0 Å². The Labute approximate surface area is 191 Å². The van der Waals surface area contributed by atoms with Crippen LogP contribution >= 0.6 is 7.92 Å². The highest BCUT2D eigenvalue weighted by Gasteiger charge is 2.19. The van der Waals surface area contributed by atoms with E-state index < -0.39 is 7.92 Å². The fourth-order valence-corrected chi connectivity index (χ4v) is 6.74. The first kappa shape index (κ1) is 23.7. The van der Waals surface area contributed by atoms with Crippen LogP contribution in [0.3, 0.4) is 0 Å². The monoisotopic (exact) mass is 430 g/mol. The summed E-state index contributed by atoms with van der Waals surface area (Å²) in [5, 5.41) is 4.46. The molecule has 3 aromatic carbocycles. The van der Waals surface area contributed by atoms with E-state index in [-0.39, 0.29) is 0 Å². The van der Waals surface area contributed by atoms with E-state index in [0.29, 0.717) is 0 Å². The Hall–Kier alpha value is -1.91. The lowest BCUT2D eigenvalue weighted by molar-refractivity contribution is 0.667. The van der Waals surface area contributed by atoms with Gasteiger partial charge in [0.1, 0.15) is 0 Å². The lowest BCUT2D eigenvalue weighted by atomic mass is 10.1. The van der Waals surface area contributed by atoms with Crippen molar-refractivity contribution in [2.45, 2.75) is 78.1 Å². The van der Waals surface area contributed by atoms with Gasteiger partial charge in [0.15, 0.2) is 0 Å². The van der Waals surface area contributed by atoms with Gasteiger partial charge in [0.05, 0.1) is 0 Å². The van der Waals surface area contributed by atoms with Crippen molar-refractivity contribution in [1.29, 1.82) is 0 Å². The molecule has 0 N–H and O–H groups in total. The second-order valence-electron chi connectivity index (χ2n) is 8.59. The van der Waals surface area contributed by atoms with Crippen LogP contribution in [0, 0.1) is 0 Å². The van der Waals surface area contributed by atoms with Crippen LogP contribution in [0.15, 0.2) is 78.9 Å². The van der Waals surface area contributed by atoms with Gasteiger partial charge in [0.25, 0.3) is 0 Å². The Morgan fingerprint density at radius 2 is 1.10 bits per heavy atom. The van der Waals surface area contributed by atoms with Crippen LogP contribution in [0.4, 0.5) is 0 Å². The van der Waals surface area contributed by atoms with Crippen LogP contribution < -0.4 is 15.9 Å². The molecule has 164 valence electrons. The van der Waals surface area contributed by atoms with E-state index in [9.17, 15) is 0 Å². The Bertz CT molecular complexity index is 866. The fraction of sp³-hybridized carbons (Fsp3) is 0.400. The van der Waals surface area contributed by atoms with Gasteiger partial charge in [-0.05, 0) is 60.6 Å². The zero-order valence-electron chi connectivity index (χ0n) is 19.5. The molecule has 0 heterocycles. The molecule has 0 saturated carbocycles. The zero-order valence-corrected chi connectivity index (χ0v) is 20.4. The standard InChI is InChI=1S/C30H39P/c1-3-5-7-10-16-26-22-24-29(25-23-26)31(28-19-12-9-13-20-28)30-21-15-14-18-27(30)17-11-8-6-4-2/h9,12-15,18-25H,3-8,10-11,16-17H2,1-2H3. The van der Waals surface area contributed by atoms with Crippen LogP contribution in [-0.2, 0) is 12.8 Å². The minimum Gasteiger partial charge on any atom is -0.0654 e. The van der Waals surface area contributed by atoms with E-state index in [2.05, 4.69) is 92.7 Å². The molecule has 3 rings (SSSR count). The molecule has 0 spiro atoms. The highest BCUT2D eigenvalue weighted by molar-refractivity contribution is 7.79. The third-order valence-electron chi connectivity index (χ3n) is 6.06. The molecule has 31 heavy (non-hydrogen) atoms. The Kier molecular flexibility index (Phi) is 10.3. The maximum absolute atomic E-state index is 2.40. The number of unbranched alkanes of at least 4 members (excludes halogenated alkanes) is 6. The highest BCUT2D eigenvalue weighted by Crippen LogP contribution is 2.34. The van der Waals surface area contributed by atoms with E-state index in [1.165, 1.54) is 91.2 Å². The van der Waals surface area contributed by atoms with E-state index in [4.69, 9.17) is 0 Å². The van der Waals surface area contributed by atoms with E-state index in [1.54, 1.807) is 0 Å². The number of hydrogen-bond acceptors (Lipinski definition) is 0. The van der Waals surface area contributed by atoms with Crippen LogP contribution in [0.5, 0.6) is 0 Å². The van der Waals surface area contributed by atoms with Crippen molar-refractivity contribution in [3.8, 4) is 0 Å². The minimum atomic E-state index is -0.522. The number of benzene rings is 3. The molecular formula is C30H39P. The quantitative estimate of drug-likeness (QED) is 0.193. The fourth-order valence-electron chi connectivity index (χ4n) is 4.25. The second-order valence-corrected chi connectivity index (χ2v) is 10.8. The van der Waals surface area contributed by atoms with Crippen molar-refractivity contribution >= 4 is 23.8 Å². The van der Waals surface area contributed by atoms with Gasteiger partial charge in [0, 0.05) is 0 Å². The summed E-state index contributed by atoms with van der Waals surface area (Å²) in [5.41, 5.74) is 3.02. The summed E-state index contributed by atoms with van der Waals surface area (Å²) < 4.78 is 0. The van der Waals surface area contributed by atoms with Gasteiger partial charge in [-0.3, -0.25) is 0 Å². The first-order chi connectivity index (χ1) is 15.3.